The van der Waals surface area contributed by atoms with Crippen LogP contribution in [0.2, 0.25) is 0 Å². The summed E-state index contributed by atoms with van der Waals surface area (Å²) < 4.78 is 1.88. The number of rotatable bonds is 1. The maximum atomic E-state index is 9.65. The average molecular weight is 210 g/mol. The molecule has 0 aliphatic heterocycles. The summed E-state index contributed by atoms with van der Waals surface area (Å²) >= 11 is 0. The Morgan fingerprint density at radius 3 is 2.62 bits per heavy atom. The second-order valence-corrected chi connectivity index (χ2v) is 3.60. The van der Waals surface area contributed by atoms with E-state index in [-0.39, 0.29) is 5.75 Å². The Bertz CT molecular complexity index is 629. The van der Waals surface area contributed by atoms with E-state index in [0.717, 1.165) is 11.3 Å². The van der Waals surface area contributed by atoms with E-state index in [0.29, 0.717) is 5.65 Å². The van der Waals surface area contributed by atoms with Crippen molar-refractivity contribution in [3.8, 4) is 17.0 Å². The second kappa shape index (κ2) is 3.38. The van der Waals surface area contributed by atoms with Gasteiger partial charge in [0.2, 0.25) is 0 Å². The molecule has 0 bridgehead atoms. The van der Waals surface area contributed by atoms with Gasteiger partial charge < -0.3 is 5.11 Å². The second-order valence-electron chi connectivity index (χ2n) is 3.60. The quantitative estimate of drug-likeness (QED) is 0.670. The van der Waals surface area contributed by atoms with Crippen LogP contribution < -0.4 is 0 Å². The van der Waals surface area contributed by atoms with Gasteiger partial charge >= 0.3 is 0 Å². The van der Waals surface area contributed by atoms with Gasteiger partial charge in [-0.3, -0.25) is 4.40 Å². The highest BCUT2D eigenvalue weighted by atomic mass is 16.3. The highest BCUT2D eigenvalue weighted by Gasteiger charge is 2.07. The van der Waals surface area contributed by atoms with Gasteiger partial charge in [0.1, 0.15) is 0 Å². The fourth-order valence-electron chi connectivity index (χ4n) is 1.82. The van der Waals surface area contributed by atoms with Crippen molar-refractivity contribution in [2.24, 2.45) is 0 Å². The lowest BCUT2D eigenvalue weighted by Crippen LogP contribution is -1.87. The van der Waals surface area contributed by atoms with Crippen LogP contribution in [-0.2, 0) is 0 Å². The fourth-order valence-corrected chi connectivity index (χ4v) is 1.82. The molecule has 0 radical (unpaired) electrons. The summed E-state index contributed by atoms with van der Waals surface area (Å²) in [6, 6.07) is 13.4. The molecule has 0 unspecified atom stereocenters. The van der Waals surface area contributed by atoms with Gasteiger partial charge in [0.05, 0.1) is 11.9 Å². The summed E-state index contributed by atoms with van der Waals surface area (Å²) in [7, 11) is 0. The number of pyridine rings is 1. The standard InChI is InChI=1S/C13H10N2O/c16-12-7-4-8-15-11(9-14-13(12)15)10-5-2-1-3-6-10/h1-9,16H. The van der Waals surface area contributed by atoms with Crippen LogP contribution in [0.1, 0.15) is 0 Å². The average Bonchev–Trinajstić information content (AvgIpc) is 2.75. The van der Waals surface area contributed by atoms with E-state index in [1.54, 1.807) is 18.3 Å². The molecule has 0 spiro atoms. The normalized spacial score (nSPS) is 10.8. The first kappa shape index (κ1) is 8.97. The maximum absolute atomic E-state index is 9.65. The van der Waals surface area contributed by atoms with Gasteiger partial charge in [-0.15, -0.1) is 0 Å². The number of hydrogen-bond donors (Lipinski definition) is 1. The monoisotopic (exact) mass is 210 g/mol. The molecule has 3 aromatic rings. The molecule has 0 saturated heterocycles. The fraction of sp³-hybridized carbons (Fsp3) is 0. The number of hydrogen-bond acceptors (Lipinski definition) is 2. The van der Waals surface area contributed by atoms with Crippen molar-refractivity contribution < 1.29 is 5.11 Å². The van der Waals surface area contributed by atoms with Crippen LogP contribution in [0.15, 0.2) is 54.9 Å². The molecule has 0 atom stereocenters. The van der Waals surface area contributed by atoms with Gasteiger partial charge in [-0.2, -0.15) is 0 Å². The first-order valence-corrected chi connectivity index (χ1v) is 5.07. The van der Waals surface area contributed by atoms with Crippen LogP contribution in [-0.4, -0.2) is 14.5 Å². The Labute approximate surface area is 92.6 Å². The van der Waals surface area contributed by atoms with Gasteiger partial charge in [0, 0.05) is 11.8 Å². The number of benzene rings is 1. The number of aromatic hydroxyl groups is 1. The number of imidazole rings is 1. The van der Waals surface area contributed by atoms with Crippen molar-refractivity contribution >= 4 is 5.65 Å². The van der Waals surface area contributed by atoms with Gasteiger partial charge in [-0.05, 0) is 12.1 Å². The first-order chi connectivity index (χ1) is 7.86. The number of fused-ring (bicyclic) bond motifs is 1. The van der Waals surface area contributed by atoms with E-state index < -0.39 is 0 Å². The predicted octanol–water partition coefficient (Wildman–Crippen LogP) is 2.71. The summed E-state index contributed by atoms with van der Waals surface area (Å²) in [5.41, 5.74) is 2.65. The van der Waals surface area contributed by atoms with Crippen LogP contribution in [0.25, 0.3) is 16.9 Å². The minimum Gasteiger partial charge on any atom is -0.504 e. The molecule has 0 saturated carbocycles. The molecule has 3 heteroatoms. The summed E-state index contributed by atoms with van der Waals surface area (Å²) in [4.78, 5) is 4.21. The Morgan fingerprint density at radius 2 is 1.81 bits per heavy atom. The van der Waals surface area contributed by atoms with Crippen molar-refractivity contribution in [3.63, 3.8) is 0 Å². The summed E-state index contributed by atoms with van der Waals surface area (Å²) in [6.07, 6.45) is 3.66. The zero-order valence-electron chi connectivity index (χ0n) is 8.54. The molecule has 0 aliphatic rings. The maximum Gasteiger partial charge on any atom is 0.179 e. The van der Waals surface area contributed by atoms with Gasteiger partial charge in [-0.25, -0.2) is 4.98 Å². The van der Waals surface area contributed by atoms with Crippen LogP contribution in [0.4, 0.5) is 0 Å². The topological polar surface area (TPSA) is 37.5 Å². The van der Waals surface area contributed by atoms with Crippen LogP contribution in [0, 0.1) is 0 Å². The highest BCUT2D eigenvalue weighted by molar-refractivity contribution is 5.66. The lowest BCUT2D eigenvalue weighted by molar-refractivity contribution is 0.477. The molecule has 1 aromatic carbocycles. The van der Waals surface area contributed by atoms with E-state index in [1.807, 2.05) is 40.9 Å². The molecular weight excluding hydrogens is 200 g/mol. The van der Waals surface area contributed by atoms with Crippen molar-refractivity contribution in [2.45, 2.75) is 0 Å². The van der Waals surface area contributed by atoms with E-state index in [1.165, 1.54) is 0 Å². The SMILES string of the molecule is Oc1cccn2c(-c3ccccc3)cnc12. The molecule has 1 N–H and O–H groups in total. The third-order valence-electron chi connectivity index (χ3n) is 2.58. The third-order valence-corrected chi connectivity index (χ3v) is 2.58. The van der Waals surface area contributed by atoms with E-state index >= 15 is 0 Å². The Morgan fingerprint density at radius 1 is 1.00 bits per heavy atom. The zero-order valence-corrected chi connectivity index (χ0v) is 8.54. The van der Waals surface area contributed by atoms with Crippen molar-refractivity contribution in [1.29, 1.82) is 0 Å². The minimum atomic E-state index is 0.199. The molecular formula is C13H10N2O. The minimum absolute atomic E-state index is 0.199. The van der Waals surface area contributed by atoms with E-state index in [9.17, 15) is 5.11 Å². The summed E-state index contributed by atoms with van der Waals surface area (Å²) in [5.74, 6) is 0.199. The van der Waals surface area contributed by atoms with Gasteiger partial charge in [0.25, 0.3) is 0 Å². The molecule has 3 nitrogen and oxygen atoms in total. The molecule has 0 fully saturated rings. The van der Waals surface area contributed by atoms with Crippen LogP contribution in [0.5, 0.6) is 5.75 Å². The number of aromatic nitrogens is 2. The summed E-state index contributed by atoms with van der Waals surface area (Å²) in [5, 5.41) is 9.65. The van der Waals surface area contributed by atoms with Gasteiger partial charge in [-0.1, -0.05) is 30.3 Å². The Hall–Kier alpha value is -2.29. The van der Waals surface area contributed by atoms with Crippen LogP contribution in [0.3, 0.4) is 0 Å². The van der Waals surface area contributed by atoms with Gasteiger partial charge in [0.15, 0.2) is 11.4 Å². The molecule has 16 heavy (non-hydrogen) atoms. The van der Waals surface area contributed by atoms with Crippen molar-refractivity contribution in [2.75, 3.05) is 0 Å². The first-order valence-electron chi connectivity index (χ1n) is 5.07. The molecule has 2 heterocycles. The lowest BCUT2D eigenvalue weighted by Gasteiger charge is -2.01. The predicted molar refractivity (Wildman–Crippen MR) is 62.3 cm³/mol. The van der Waals surface area contributed by atoms with E-state index in [2.05, 4.69) is 4.98 Å². The summed E-state index contributed by atoms with van der Waals surface area (Å²) in [6.45, 7) is 0. The number of nitrogens with zero attached hydrogens (tertiary/aromatic N) is 2. The largest absolute Gasteiger partial charge is 0.504 e. The van der Waals surface area contributed by atoms with Crippen LogP contribution >= 0.6 is 0 Å². The molecule has 78 valence electrons. The Kier molecular flexibility index (Phi) is 1.90. The molecule has 3 rings (SSSR count). The third kappa shape index (κ3) is 1.26. The molecule has 0 amide bonds. The molecule has 2 aromatic heterocycles. The molecule has 0 aliphatic carbocycles. The Balaban J connectivity index is 2.30. The zero-order chi connectivity index (χ0) is 11.0. The smallest absolute Gasteiger partial charge is 0.179 e. The van der Waals surface area contributed by atoms with Crippen molar-refractivity contribution in [1.82, 2.24) is 9.38 Å². The van der Waals surface area contributed by atoms with E-state index in [4.69, 9.17) is 0 Å². The van der Waals surface area contributed by atoms with Crippen molar-refractivity contribution in [3.05, 3.63) is 54.9 Å². The highest BCUT2D eigenvalue weighted by Crippen LogP contribution is 2.24. The lowest BCUT2D eigenvalue weighted by atomic mass is 10.2.